The van der Waals surface area contributed by atoms with E-state index in [-0.39, 0.29) is 17.2 Å². The molecule has 9 heteroatoms. The highest BCUT2D eigenvalue weighted by Gasteiger charge is 2.11. The predicted molar refractivity (Wildman–Crippen MR) is 78.1 cm³/mol. The van der Waals surface area contributed by atoms with E-state index in [4.69, 9.17) is 5.73 Å². The lowest BCUT2D eigenvalue weighted by Crippen LogP contribution is -2.24. The van der Waals surface area contributed by atoms with E-state index in [1.807, 2.05) is 0 Å². The van der Waals surface area contributed by atoms with Crippen LogP contribution < -0.4 is 11.1 Å². The van der Waals surface area contributed by atoms with Crippen LogP contribution in [0.3, 0.4) is 0 Å². The summed E-state index contributed by atoms with van der Waals surface area (Å²) in [5, 5.41) is 22.2. The van der Waals surface area contributed by atoms with Gasteiger partial charge in [0, 0.05) is 30.7 Å². The van der Waals surface area contributed by atoms with E-state index in [9.17, 15) is 14.9 Å². The average molecular weight is 307 g/mol. The summed E-state index contributed by atoms with van der Waals surface area (Å²) in [6, 6.07) is 5.61. The van der Waals surface area contributed by atoms with Crippen LogP contribution in [0.15, 0.2) is 24.3 Å². The zero-order valence-electron chi connectivity index (χ0n) is 11.0. The molecular formula is C12H13N5O3S. The van der Waals surface area contributed by atoms with Gasteiger partial charge >= 0.3 is 0 Å². The first-order valence-electron chi connectivity index (χ1n) is 6.17. The minimum atomic E-state index is -0.531. The van der Waals surface area contributed by atoms with E-state index < -0.39 is 4.92 Å². The highest BCUT2D eigenvalue weighted by Crippen LogP contribution is 2.14. The molecule has 8 nitrogen and oxygen atoms in total. The second-order valence-corrected chi connectivity index (χ2v) is 5.29. The fourth-order valence-corrected chi connectivity index (χ4v) is 2.32. The SMILES string of the molecule is Nc1nnc(CCCNC(=O)c2cccc([N+](=O)[O-])c2)s1. The van der Waals surface area contributed by atoms with Crippen LogP contribution in [-0.2, 0) is 6.42 Å². The van der Waals surface area contributed by atoms with Crippen molar-refractivity contribution in [3.63, 3.8) is 0 Å². The number of rotatable bonds is 6. The van der Waals surface area contributed by atoms with E-state index in [0.29, 0.717) is 24.5 Å². The van der Waals surface area contributed by atoms with Gasteiger partial charge in [0.25, 0.3) is 11.6 Å². The van der Waals surface area contributed by atoms with Crippen molar-refractivity contribution in [3.8, 4) is 0 Å². The van der Waals surface area contributed by atoms with Gasteiger partial charge < -0.3 is 11.1 Å². The summed E-state index contributed by atoms with van der Waals surface area (Å²) in [5.41, 5.74) is 5.63. The van der Waals surface area contributed by atoms with Gasteiger partial charge in [-0.05, 0) is 12.5 Å². The number of carbonyl (C=O) groups is 1. The third kappa shape index (κ3) is 4.21. The van der Waals surface area contributed by atoms with Crippen molar-refractivity contribution >= 4 is 28.1 Å². The lowest BCUT2D eigenvalue weighted by atomic mass is 10.2. The molecule has 0 radical (unpaired) electrons. The Balaban J connectivity index is 1.81. The summed E-state index contributed by atoms with van der Waals surface area (Å²) < 4.78 is 0. The van der Waals surface area contributed by atoms with Gasteiger partial charge in [-0.1, -0.05) is 17.4 Å². The summed E-state index contributed by atoms with van der Waals surface area (Å²) in [5.74, 6) is -0.338. The van der Waals surface area contributed by atoms with Gasteiger partial charge in [-0.15, -0.1) is 10.2 Å². The number of hydrogen-bond donors (Lipinski definition) is 2. The summed E-state index contributed by atoms with van der Waals surface area (Å²) in [6.45, 7) is 0.445. The molecule has 0 aliphatic rings. The van der Waals surface area contributed by atoms with E-state index >= 15 is 0 Å². The highest BCUT2D eigenvalue weighted by atomic mass is 32.1. The lowest BCUT2D eigenvalue weighted by Gasteiger charge is -2.04. The molecule has 0 saturated heterocycles. The van der Waals surface area contributed by atoms with Crippen LogP contribution in [0.1, 0.15) is 21.8 Å². The molecule has 3 N–H and O–H groups in total. The van der Waals surface area contributed by atoms with Crippen molar-refractivity contribution in [1.82, 2.24) is 15.5 Å². The van der Waals surface area contributed by atoms with Gasteiger partial charge in [-0.2, -0.15) is 0 Å². The maximum atomic E-state index is 11.9. The summed E-state index contributed by atoms with van der Waals surface area (Å²) >= 11 is 1.32. The molecule has 0 unspecified atom stereocenters. The van der Waals surface area contributed by atoms with E-state index in [0.717, 1.165) is 5.01 Å². The molecule has 0 atom stereocenters. The standard InChI is InChI=1S/C12H13N5O3S/c13-12-16-15-10(21-12)5-2-6-14-11(18)8-3-1-4-9(7-8)17(19)20/h1,3-4,7H,2,5-6H2,(H2,13,16)(H,14,18). The highest BCUT2D eigenvalue weighted by molar-refractivity contribution is 7.15. The number of nitrogen functional groups attached to an aromatic ring is 1. The molecule has 1 heterocycles. The van der Waals surface area contributed by atoms with Gasteiger partial charge in [-0.25, -0.2) is 0 Å². The molecule has 0 aliphatic heterocycles. The Hall–Kier alpha value is -2.55. The van der Waals surface area contributed by atoms with Crippen LogP contribution in [0.25, 0.3) is 0 Å². The maximum absolute atomic E-state index is 11.9. The number of amides is 1. The number of benzene rings is 1. The Morgan fingerprint density at radius 3 is 2.90 bits per heavy atom. The van der Waals surface area contributed by atoms with Crippen molar-refractivity contribution in [3.05, 3.63) is 45.0 Å². The van der Waals surface area contributed by atoms with Crippen LogP contribution >= 0.6 is 11.3 Å². The number of hydrogen-bond acceptors (Lipinski definition) is 7. The van der Waals surface area contributed by atoms with Crippen LogP contribution in [0.4, 0.5) is 10.8 Å². The third-order valence-corrected chi connectivity index (χ3v) is 3.47. The maximum Gasteiger partial charge on any atom is 0.270 e. The quantitative estimate of drug-likeness (QED) is 0.472. The van der Waals surface area contributed by atoms with Gasteiger partial charge in [0.1, 0.15) is 5.01 Å². The first kappa shape index (κ1) is 14.9. The van der Waals surface area contributed by atoms with Gasteiger partial charge in [-0.3, -0.25) is 14.9 Å². The Morgan fingerprint density at radius 2 is 2.24 bits per heavy atom. The molecule has 0 aliphatic carbocycles. The third-order valence-electron chi connectivity index (χ3n) is 2.65. The zero-order valence-corrected chi connectivity index (χ0v) is 11.8. The fourth-order valence-electron chi connectivity index (χ4n) is 1.67. The number of nitrogens with two attached hydrogens (primary N) is 1. The number of anilines is 1. The van der Waals surface area contributed by atoms with Crippen molar-refractivity contribution in [2.24, 2.45) is 0 Å². The molecule has 110 valence electrons. The van der Waals surface area contributed by atoms with Crippen LogP contribution in [0, 0.1) is 10.1 Å². The monoisotopic (exact) mass is 307 g/mol. The fraction of sp³-hybridized carbons (Fsp3) is 0.250. The number of nitrogens with zero attached hydrogens (tertiary/aromatic N) is 3. The largest absolute Gasteiger partial charge is 0.374 e. The van der Waals surface area contributed by atoms with Gasteiger partial charge in [0.05, 0.1) is 4.92 Å². The molecule has 1 aromatic carbocycles. The first-order chi connectivity index (χ1) is 10.1. The average Bonchev–Trinajstić information content (AvgIpc) is 2.89. The Bertz CT molecular complexity index is 658. The molecule has 0 saturated carbocycles. The van der Waals surface area contributed by atoms with E-state index in [1.54, 1.807) is 0 Å². The Kier molecular flexibility index (Phi) is 4.77. The van der Waals surface area contributed by atoms with Crippen molar-refractivity contribution < 1.29 is 9.72 Å². The molecule has 2 rings (SSSR count). The van der Waals surface area contributed by atoms with Crippen molar-refractivity contribution in [1.29, 1.82) is 0 Å². The smallest absolute Gasteiger partial charge is 0.270 e. The molecule has 21 heavy (non-hydrogen) atoms. The second-order valence-electron chi connectivity index (χ2n) is 4.20. The van der Waals surface area contributed by atoms with E-state index in [1.165, 1.54) is 35.6 Å². The number of non-ortho nitro benzene ring substituents is 1. The normalized spacial score (nSPS) is 10.3. The molecule has 2 aromatic rings. The number of nitrogens with one attached hydrogen (secondary N) is 1. The second kappa shape index (κ2) is 6.75. The summed E-state index contributed by atoms with van der Waals surface area (Å²) in [7, 11) is 0. The lowest BCUT2D eigenvalue weighted by molar-refractivity contribution is -0.384. The minimum absolute atomic E-state index is 0.105. The topological polar surface area (TPSA) is 124 Å². The molecule has 0 fully saturated rings. The minimum Gasteiger partial charge on any atom is -0.374 e. The summed E-state index contributed by atoms with van der Waals surface area (Å²) in [6.07, 6.45) is 1.36. The number of aryl methyl sites for hydroxylation is 1. The number of nitro benzene ring substituents is 1. The number of carbonyl (C=O) groups excluding carboxylic acids is 1. The molecular weight excluding hydrogens is 294 g/mol. The van der Waals surface area contributed by atoms with Crippen LogP contribution in [-0.4, -0.2) is 27.6 Å². The van der Waals surface area contributed by atoms with Gasteiger partial charge in [0.15, 0.2) is 0 Å². The zero-order chi connectivity index (χ0) is 15.2. The number of aromatic nitrogens is 2. The molecule has 1 amide bonds. The molecule has 0 spiro atoms. The Morgan fingerprint density at radius 1 is 1.43 bits per heavy atom. The van der Waals surface area contributed by atoms with Crippen LogP contribution in [0.5, 0.6) is 0 Å². The summed E-state index contributed by atoms with van der Waals surface area (Å²) in [4.78, 5) is 22.0. The van der Waals surface area contributed by atoms with Crippen molar-refractivity contribution in [2.45, 2.75) is 12.8 Å². The Labute approximate surface area is 124 Å². The van der Waals surface area contributed by atoms with Crippen molar-refractivity contribution in [2.75, 3.05) is 12.3 Å². The molecule has 1 aromatic heterocycles. The molecule has 0 bridgehead atoms. The number of nitro groups is 1. The van der Waals surface area contributed by atoms with Crippen LogP contribution in [0.2, 0.25) is 0 Å². The first-order valence-corrected chi connectivity index (χ1v) is 6.98. The van der Waals surface area contributed by atoms with E-state index in [2.05, 4.69) is 15.5 Å². The van der Waals surface area contributed by atoms with Gasteiger partial charge in [0.2, 0.25) is 5.13 Å². The predicted octanol–water partition coefficient (Wildman–Crippen LogP) is 1.39.